The number of rotatable bonds is 0. The van der Waals surface area contributed by atoms with Crippen molar-refractivity contribution >= 4 is 0 Å². The monoisotopic (exact) mass is 266 g/mol. The van der Waals surface area contributed by atoms with Crippen molar-refractivity contribution in [1.29, 1.82) is 0 Å². The summed E-state index contributed by atoms with van der Waals surface area (Å²) in [5.74, 6) is -0.0611. The molecule has 0 N–H and O–H groups in total. The third-order valence-corrected chi connectivity index (χ3v) is 2.70. The van der Waals surface area contributed by atoms with Crippen LogP contribution in [-0.4, -0.2) is 0 Å². The fraction of sp³-hybridized carbons (Fsp3) is 0.571. The summed E-state index contributed by atoms with van der Waals surface area (Å²) in [5, 5.41) is 23.9. The first-order chi connectivity index (χ1) is 7.03. The van der Waals surface area contributed by atoms with Crippen molar-refractivity contribution in [3.8, 4) is 11.5 Å². The fourth-order valence-electron chi connectivity index (χ4n) is 1.73. The molecule has 0 aromatic heterocycles. The number of benzene rings is 1. The van der Waals surface area contributed by atoms with Crippen molar-refractivity contribution in [2.24, 2.45) is 0 Å². The summed E-state index contributed by atoms with van der Waals surface area (Å²) in [4.78, 5) is 0. The Hall–Kier alpha value is 0.820. The predicted molar refractivity (Wildman–Crippen MR) is 62.7 cm³/mol. The van der Waals surface area contributed by atoms with Gasteiger partial charge in [0.25, 0.3) is 0 Å². The Kier molecular flexibility index (Phi) is 8.23. The SMILES string of the molecule is CC(C)(C)c1cc([O-])c(C(C)(C)C)cc1[O-].[Na+].[Na+]. The van der Waals surface area contributed by atoms with Crippen LogP contribution in [0.2, 0.25) is 0 Å². The minimum atomic E-state index is -0.271. The van der Waals surface area contributed by atoms with Gasteiger partial charge in [-0.15, -0.1) is 11.5 Å². The van der Waals surface area contributed by atoms with Gasteiger partial charge in [-0.2, -0.15) is 0 Å². The second kappa shape index (κ2) is 7.01. The maximum atomic E-state index is 11.9. The van der Waals surface area contributed by atoms with Gasteiger partial charge in [0, 0.05) is 0 Å². The molecule has 0 radical (unpaired) electrons. The Morgan fingerprint density at radius 1 is 0.667 bits per heavy atom. The van der Waals surface area contributed by atoms with Crippen molar-refractivity contribution in [2.45, 2.75) is 52.4 Å². The first-order valence-electron chi connectivity index (χ1n) is 5.56. The number of hydrogen-bond donors (Lipinski definition) is 0. The van der Waals surface area contributed by atoms with Crippen molar-refractivity contribution < 1.29 is 69.3 Å². The first-order valence-corrected chi connectivity index (χ1v) is 5.56. The van der Waals surface area contributed by atoms with Crippen LogP contribution < -0.4 is 69.3 Å². The smallest absolute Gasteiger partial charge is 0.872 e. The molecule has 18 heavy (non-hydrogen) atoms. The van der Waals surface area contributed by atoms with E-state index < -0.39 is 0 Å². The zero-order valence-electron chi connectivity index (χ0n) is 13.0. The Morgan fingerprint density at radius 3 is 1.06 bits per heavy atom. The molecule has 0 aliphatic rings. The van der Waals surface area contributed by atoms with Crippen molar-refractivity contribution in [1.82, 2.24) is 0 Å². The molecule has 90 valence electrons. The molecular weight excluding hydrogens is 246 g/mol. The minimum absolute atomic E-state index is 0. The van der Waals surface area contributed by atoms with Crippen LogP contribution in [0.15, 0.2) is 12.1 Å². The van der Waals surface area contributed by atoms with E-state index in [1.807, 2.05) is 41.5 Å². The maximum Gasteiger partial charge on any atom is 1.00 e. The summed E-state index contributed by atoms with van der Waals surface area (Å²) in [7, 11) is 0. The second-order valence-corrected chi connectivity index (χ2v) is 6.34. The fourth-order valence-corrected chi connectivity index (χ4v) is 1.73. The average Bonchev–Trinajstić information content (AvgIpc) is 2.04. The van der Waals surface area contributed by atoms with Gasteiger partial charge in [0.05, 0.1) is 0 Å². The van der Waals surface area contributed by atoms with E-state index in [2.05, 4.69) is 0 Å². The largest absolute Gasteiger partial charge is 1.00 e. The van der Waals surface area contributed by atoms with Crippen LogP contribution in [0, 0.1) is 0 Å². The van der Waals surface area contributed by atoms with E-state index in [0.29, 0.717) is 11.1 Å². The quantitative estimate of drug-likeness (QED) is 0.456. The van der Waals surface area contributed by atoms with Crippen molar-refractivity contribution in [2.75, 3.05) is 0 Å². The van der Waals surface area contributed by atoms with E-state index in [0.717, 1.165) is 0 Å². The van der Waals surface area contributed by atoms with Gasteiger partial charge in [-0.25, -0.2) is 0 Å². The molecule has 0 spiro atoms. The van der Waals surface area contributed by atoms with E-state index >= 15 is 0 Å². The molecule has 0 atom stereocenters. The maximum absolute atomic E-state index is 11.9. The molecule has 0 aliphatic carbocycles. The van der Waals surface area contributed by atoms with E-state index in [4.69, 9.17) is 0 Å². The summed E-state index contributed by atoms with van der Waals surface area (Å²) in [6.07, 6.45) is 0. The van der Waals surface area contributed by atoms with Crippen molar-refractivity contribution in [3.63, 3.8) is 0 Å². The molecule has 0 fully saturated rings. The topological polar surface area (TPSA) is 46.1 Å². The molecule has 1 rings (SSSR count). The summed E-state index contributed by atoms with van der Waals surface area (Å²) < 4.78 is 0. The molecule has 0 unspecified atom stereocenters. The van der Waals surface area contributed by atoms with E-state index in [1.165, 1.54) is 12.1 Å². The molecule has 4 heteroatoms. The third kappa shape index (κ3) is 5.07. The van der Waals surface area contributed by atoms with Gasteiger partial charge < -0.3 is 10.2 Å². The molecule has 0 saturated heterocycles. The Morgan fingerprint density at radius 2 is 0.889 bits per heavy atom. The molecule has 0 aliphatic heterocycles. The van der Waals surface area contributed by atoms with Crippen LogP contribution >= 0.6 is 0 Å². The van der Waals surface area contributed by atoms with Gasteiger partial charge in [-0.3, -0.25) is 0 Å². The Labute approximate surface area is 155 Å². The van der Waals surface area contributed by atoms with E-state index in [9.17, 15) is 10.2 Å². The average molecular weight is 266 g/mol. The molecule has 0 saturated carbocycles. The van der Waals surface area contributed by atoms with Gasteiger partial charge in [0.15, 0.2) is 0 Å². The summed E-state index contributed by atoms with van der Waals surface area (Å²) in [6, 6.07) is 3.01. The van der Waals surface area contributed by atoms with Crippen molar-refractivity contribution in [3.05, 3.63) is 23.3 Å². The van der Waals surface area contributed by atoms with Gasteiger partial charge in [-0.1, -0.05) is 64.8 Å². The molecule has 2 nitrogen and oxygen atoms in total. The zero-order valence-corrected chi connectivity index (χ0v) is 17.0. The van der Waals surface area contributed by atoms with E-state index in [1.54, 1.807) is 0 Å². The number of hydrogen-bond acceptors (Lipinski definition) is 2. The van der Waals surface area contributed by atoms with Gasteiger partial charge >= 0.3 is 59.1 Å². The molecule has 0 heterocycles. The normalized spacial score (nSPS) is 11.4. The minimum Gasteiger partial charge on any atom is -0.872 e. The summed E-state index contributed by atoms with van der Waals surface area (Å²) in [5.41, 5.74) is 0.662. The van der Waals surface area contributed by atoms with Crippen LogP contribution in [-0.2, 0) is 10.8 Å². The third-order valence-electron chi connectivity index (χ3n) is 2.70. The molecule has 0 bridgehead atoms. The van der Waals surface area contributed by atoms with Crippen LogP contribution in [0.1, 0.15) is 52.7 Å². The predicted octanol–water partition coefficient (Wildman–Crippen LogP) is -3.56. The molecule has 0 amide bonds. The second-order valence-electron chi connectivity index (χ2n) is 6.34. The van der Waals surface area contributed by atoms with E-state index in [-0.39, 0.29) is 81.4 Å². The Bertz CT molecular complexity index is 362. The van der Waals surface area contributed by atoms with Gasteiger partial charge in [-0.05, 0) is 10.8 Å². The van der Waals surface area contributed by atoms with Crippen LogP contribution in [0.3, 0.4) is 0 Å². The van der Waals surface area contributed by atoms with Gasteiger partial charge in [0.1, 0.15) is 0 Å². The molecule has 1 aromatic rings. The van der Waals surface area contributed by atoms with Crippen LogP contribution in [0.5, 0.6) is 11.5 Å². The van der Waals surface area contributed by atoms with Crippen LogP contribution in [0.25, 0.3) is 0 Å². The summed E-state index contributed by atoms with van der Waals surface area (Å²) >= 11 is 0. The zero-order chi connectivity index (χ0) is 12.7. The molecule has 1 aromatic carbocycles. The molecular formula is C14H20Na2O2. The summed E-state index contributed by atoms with van der Waals surface area (Å²) in [6.45, 7) is 11.7. The first kappa shape index (κ1) is 21.1. The van der Waals surface area contributed by atoms with Crippen LogP contribution in [0.4, 0.5) is 0 Å². The standard InChI is InChI=1S/C14H22O2.2Na/c1-13(2,3)9-7-12(16)10(8-11(9)15)14(4,5)6;;/h7-8,15-16H,1-6H3;;/q;2*+1/p-2. The van der Waals surface area contributed by atoms with Gasteiger partial charge in [0.2, 0.25) is 0 Å². The Balaban J connectivity index is 0.